The molecule has 0 unspecified atom stereocenters. The molecule has 180 valence electrons. The maximum atomic E-state index is 5.29. The fourth-order valence-corrected chi connectivity index (χ4v) is 9.42. The molecular formula is C31H35NOP2. The molecule has 0 aromatic heterocycles. The fraction of sp³-hybridized carbons (Fsp3) is 0.226. The molecular weight excluding hydrogens is 464 g/mol. The first-order valence-electron chi connectivity index (χ1n) is 12.4. The van der Waals surface area contributed by atoms with Crippen molar-refractivity contribution in [3.05, 3.63) is 121 Å². The van der Waals surface area contributed by atoms with E-state index in [0.29, 0.717) is 5.92 Å². The van der Waals surface area contributed by atoms with Crippen LogP contribution in [0.25, 0.3) is 0 Å². The average Bonchev–Trinajstić information content (AvgIpc) is 2.94. The van der Waals surface area contributed by atoms with Crippen LogP contribution >= 0.6 is 15.8 Å². The van der Waals surface area contributed by atoms with Gasteiger partial charge in [0, 0.05) is 6.54 Å². The lowest BCUT2D eigenvalue weighted by atomic mass is 10.0. The third-order valence-corrected chi connectivity index (χ3v) is 11.4. The van der Waals surface area contributed by atoms with E-state index >= 15 is 0 Å². The van der Waals surface area contributed by atoms with Gasteiger partial charge >= 0.3 is 0 Å². The number of hydrogen-bond donors (Lipinski definition) is 1. The van der Waals surface area contributed by atoms with E-state index in [-0.39, 0.29) is 15.8 Å². The largest absolute Gasteiger partial charge is 0.305 e. The molecule has 4 heteroatoms. The first-order chi connectivity index (χ1) is 17.3. The minimum atomic E-state index is -0.375. The highest BCUT2D eigenvalue weighted by Gasteiger charge is 2.20. The van der Waals surface area contributed by atoms with Crippen LogP contribution in [0.3, 0.4) is 0 Å². The molecule has 4 rings (SSSR count). The molecule has 0 saturated heterocycles. The summed E-state index contributed by atoms with van der Waals surface area (Å²) in [4.78, 5) is 5.29. The Balaban J connectivity index is 1.49. The average molecular weight is 500 g/mol. The van der Waals surface area contributed by atoms with Crippen molar-refractivity contribution in [1.82, 2.24) is 5.48 Å². The predicted octanol–water partition coefficient (Wildman–Crippen LogP) is 5.80. The van der Waals surface area contributed by atoms with Crippen LogP contribution in [0.5, 0.6) is 0 Å². The zero-order valence-corrected chi connectivity index (χ0v) is 22.3. The Morgan fingerprint density at radius 3 is 1.14 bits per heavy atom. The van der Waals surface area contributed by atoms with Crippen LogP contribution < -0.4 is 26.7 Å². The van der Waals surface area contributed by atoms with Crippen molar-refractivity contribution in [3.8, 4) is 0 Å². The lowest BCUT2D eigenvalue weighted by molar-refractivity contribution is 0.0789. The highest BCUT2D eigenvalue weighted by atomic mass is 31.1. The van der Waals surface area contributed by atoms with Crippen molar-refractivity contribution >= 4 is 37.1 Å². The molecule has 2 nitrogen and oxygen atoms in total. The quantitative estimate of drug-likeness (QED) is 0.186. The van der Waals surface area contributed by atoms with Crippen molar-refractivity contribution in [1.29, 1.82) is 0 Å². The first kappa shape index (κ1) is 25.7. The Kier molecular flexibility index (Phi) is 10.5. The Labute approximate surface area is 213 Å². The van der Waals surface area contributed by atoms with E-state index in [4.69, 9.17) is 4.84 Å². The van der Waals surface area contributed by atoms with E-state index in [1.54, 1.807) is 7.11 Å². The molecule has 0 heterocycles. The maximum absolute atomic E-state index is 5.29. The minimum absolute atomic E-state index is 0.375. The van der Waals surface area contributed by atoms with Crippen LogP contribution in [-0.4, -0.2) is 26.0 Å². The van der Waals surface area contributed by atoms with Gasteiger partial charge in [-0.2, -0.15) is 0 Å². The number of rotatable bonds is 13. The maximum Gasteiger partial charge on any atom is 0.0572 e. The van der Waals surface area contributed by atoms with Gasteiger partial charge in [0.15, 0.2) is 0 Å². The van der Waals surface area contributed by atoms with Crippen molar-refractivity contribution < 1.29 is 4.84 Å². The van der Waals surface area contributed by atoms with Gasteiger partial charge < -0.3 is 4.84 Å². The summed E-state index contributed by atoms with van der Waals surface area (Å²) >= 11 is 0. The van der Waals surface area contributed by atoms with Gasteiger partial charge in [0.05, 0.1) is 7.11 Å². The van der Waals surface area contributed by atoms with Crippen LogP contribution in [0.15, 0.2) is 121 Å². The SMILES string of the molecule is CONCC(CCP(c1ccccc1)c1ccccc1)CCP(c1ccccc1)c1ccccc1. The minimum Gasteiger partial charge on any atom is -0.305 e. The van der Waals surface area contributed by atoms with Crippen LogP contribution in [-0.2, 0) is 4.84 Å². The number of benzene rings is 4. The smallest absolute Gasteiger partial charge is 0.0572 e. The summed E-state index contributed by atoms with van der Waals surface area (Å²) in [6.45, 7) is 0.885. The van der Waals surface area contributed by atoms with E-state index in [9.17, 15) is 0 Å². The van der Waals surface area contributed by atoms with Crippen LogP contribution in [0.1, 0.15) is 12.8 Å². The van der Waals surface area contributed by atoms with Gasteiger partial charge in [-0.1, -0.05) is 121 Å². The van der Waals surface area contributed by atoms with Gasteiger partial charge in [0.25, 0.3) is 0 Å². The van der Waals surface area contributed by atoms with Gasteiger partial charge in [-0.05, 0) is 68.1 Å². The molecule has 0 atom stereocenters. The molecule has 4 aromatic rings. The molecule has 0 amide bonds. The van der Waals surface area contributed by atoms with Gasteiger partial charge in [-0.15, -0.1) is 0 Å². The molecule has 0 bridgehead atoms. The first-order valence-corrected chi connectivity index (χ1v) is 15.4. The van der Waals surface area contributed by atoms with Crippen molar-refractivity contribution in [2.75, 3.05) is 26.0 Å². The molecule has 0 aliphatic heterocycles. The second-order valence-electron chi connectivity index (χ2n) is 8.64. The van der Waals surface area contributed by atoms with Gasteiger partial charge in [-0.3, -0.25) is 0 Å². The van der Waals surface area contributed by atoms with E-state index in [1.807, 2.05) is 0 Å². The second-order valence-corrected chi connectivity index (χ2v) is 13.3. The van der Waals surface area contributed by atoms with Crippen LogP contribution in [0.4, 0.5) is 0 Å². The summed E-state index contributed by atoms with van der Waals surface area (Å²) in [6.07, 6.45) is 4.74. The summed E-state index contributed by atoms with van der Waals surface area (Å²) < 4.78 is 0. The van der Waals surface area contributed by atoms with E-state index in [2.05, 4.69) is 127 Å². The fourth-order valence-electron chi connectivity index (χ4n) is 4.42. The third kappa shape index (κ3) is 7.83. The Hall–Kier alpha value is -2.34. The monoisotopic (exact) mass is 499 g/mol. The van der Waals surface area contributed by atoms with Crippen LogP contribution in [0, 0.1) is 5.92 Å². The summed E-state index contributed by atoms with van der Waals surface area (Å²) in [5, 5.41) is 5.84. The normalized spacial score (nSPS) is 11.4. The van der Waals surface area contributed by atoms with Gasteiger partial charge in [-0.25, -0.2) is 5.48 Å². The standard InChI is InChI=1S/C31H35NOP2/c1-33-32-26-27(22-24-34(28-14-6-2-7-15-28)29-16-8-3-9-17-29)23-25-35(30-18-10-4-11-19-30)31-20-12-5-13-21-31/h2-21,27,32H,22-26H2,1H3. The van der Waals surface area contributed by atoms with Gasteiger partial charge in [0.1, 0.15) is 0 Å². The van der Waals surface area contributed by atoms with Crippen molar-refractivity contribution in [2.24, 2.45) is 5.92 Å². The molecule has 1 N–H and O–H groups in total. The molecule has 4 aromatic carbocycles. The Morgan fingerprint density at radius 1 is 0.543 bits per heavy atom. The third-order valence-electron chi connectivity index (χ3n) is 6.31. The summed E-state index contributed by atoms with van der Waals surface area (Å²) in [5.41, 5.74) is 3.17. The van der Waals surface area contributed by atoms with Crippen molar-refractivity contribution in [2.45, 2.75) is 12.8 Å². The van der Waals surface area contributed by atoms with Gasteiger partial charge in [0.2, 0.25) is 0 Å². The number of hydroxylamine groups is 1. The Morgan fingerprint density at radius 2 is 0.857 bits per heavy atom. The highest BCUT2D eigenvalue weighted by molar-refractivity contribution is 7.73. The number of nitrogens with one attached hydrogen (secondary N) is 1. The lowest BCUT2D eigenvalue weighted by Gasteiger charge is -2.25. The summed E-state index contributed by atoms with van der Waals surface area (Å²) in [6, 6.07) is 44.2. The lowest BCUT2D eigenvalue weighted by Crippen LogP contribution is -2.25. The predicted molar refractivity (Wildman–Crippen MR) is 156 cm³/mol. The van der Waals surface area contributed by atoms with Crippen molar-refractivity contribution in [3.63, 3.8) is 0 Å². The molecule has 0 saturated carbocycles. The summed E-state index contributed by atoms with van der Waals surface area (Å²) in [7, 11) is 0.970. The molecule has 0 spiro atoms. The molecule has 0 aliphatic carbocycles. The molecule has 0 radical (unpaired) electrons. The zero-order chi connectivity index (χ0) is 24.1. The Bertz CT molecular complexity index is 928. The van der Waals surface area contributed by atoms with Crippen LogP contribution in [0.2, 0.25) is 0 Å². The summed E-state index contributed by atoms with van der Waals surface area (Å²) in [5.74, 6) is 0.560. The zero-order valence-electron chi connectivity index (χ0n) is 20.5. The topological polar surface area (TPSA) is 21.3 Å². The molecule has 0 fully saturated rings. The number of hydrogen-bond acceptors (Lipinski definition) is 2. The molecule has 35 heavy (non-hydrogen) atoms. The second kappa shape index (κ2) is 14.3. The highest BCUT2D eigenvalue weighted by Crippen LogP contribution is 2.38. The van der Waals surface area contributed by atoms with E-state index in [1.165, 1.54) is 46.4 Å². The van der Waals surface area contributed by atoms with E-state index in [0.717, 1.165) is 6.54 Å². The van der Waals surface area contributed by atoms with E-state index < -0.39 is 0 Å². The molecule has 0 aliphatic rings.